The third kappa shape index (κ3) is 7.30. The van der Waals surface area contributed by atoms with Gasteiger partial charge in [0.05, 0.1) is 12.1 Å². The van der Waals surface area contributed by atoms with Gasteiger partial charge in [0.2, 0.25) is 11.8 Å². The molecule has 3 aromatic carbocycles. The highest BCUT2D eigenvalue weighted by molar-refractivity contribution is 6.01. The summed E-state index contributed by atoms with van der Waals surface area (Å²) in [4.78, 5) is 33.8. The van der Waals surface area contributed by atoms with Gasteiger partial charge in [-0.3, -0.25) is 19.4 Å². The molecule has 5 rings (SSSR count). The molecule has 0 spiro atoms. The van der Waals surface area contributed by atoms with Crippen molar-refractivity contribution in [2.75, 3.05) is 51.2 Å². The highest BCUT2D eigenvalue weighted by Gasteiger charge is 2.43. The second-order valence-corrected chi connectivity index (χ2v) is 10.3. The molecule has 3 aromatic rings. The number of benzene rings is 3. The van der Waals surface area contributed by atoms with Gasteiger partial charge in [-0.2, -0.15) is 13.2 Å². The van der Waals surface area contributed by atoms with E-state index in [0.29, 0.717) is 30.3 Å². The van der Waals surface area contributed by atoms with Crippen LogP contribution in [0.4, 0.5) is 18.9 Å². The highest BCUT2D eigenvalue weighted by atomic mass is 19.4. The van der Waals surface area contributed by atoms with Crippen LogP contribution in [0.5, 0.6) is 11.5 Å². The van der Waals surface area contributed by atoms with Gasteiger partial charge in [-0.1, -0.05) is 43.7 Å². The summed E-state index contributed by atoms with van der Waals surface area (Å²) in [6.07, 6.45) is -5.58. The van der Waals surface area contributed by atoms with Crippen LogP contribution < -0.4 is 9.64 Å². The monoisotopic (exact) mass is 582 g/mol. The van der Waals surface area contributed by atoms with Crippen LogP contribution in [-0.2, 0) is 15.8 Å². The summed E-state index contributed by atoms with van der Waals surface area (Å²) in [5.41, 5.74) is 0.936. The highest BCUT2D eigenvalue weighted by Crippen LogP contribution is 2.39. The second kappa shape index (κ2) is 13.4. The fraction of sp³-hybridized carbons (Fsp3) is 0.375. The zero-order valence-corrected chi connectivity index (χ0v) is 24.4. The van der Waals surface area contributed by atoms with Crippen LogP contribution >= 0.6 is 0 Å². The van der Waals surface area contributed by atoms with E-state index in [1.165, 1.54) is 21.9 Å². The topological polar surface area (TPSA) is 56.3 Å². The number of hydrogen-bond donors (Lipinski definition) is 0. The molecule has 0 saturated carbocycles. The molecule has 2 fully saturated rings. The van der Waals surface area contributed by atoms with Gasteiger partial charge >= 0.3 is 6.18 Å². The molecular weight excluding hydrogens is 545 g/mol. The minimum Gasteiger partial charge on any atom is -0.457 e. The van der Waals surface area contributed by atoms with Crippen LogP contribution in [0.25, 0.3) is 0 Å². The van der Waals surface area contributed by atoms with Gasteiger partial charge in [-0.05, 0) is 68.1 Å². The summed E-state index contributed by atoms with van der Waals surface area (Å²) < 4.78 is 46.7. The number of hydrogen-bond acceptors (Lipinski definition) is 5. The number of amides is 2. The average Bonchev–Trinajstić information content (AvgIpc) is 3.33. The number of piperazine rings is 1. The largest absolute Gasteiger partial charge is 0.457 e. The summed E-state index contributed by atoms with van der Waals surface area (Å²) in [7, 11) is 2.01. The predicted octanol–water partition coefficient (Wildman–Crippen LogP) is 5.95. The van der Waals surface area contributed by atoms with Crippen molar-refractivity contribution in [2.24, 2.45) is 0 Å². The number of likely N-dealkylation sites (N-methyl/N-ethyl adjacent to an activating group) is 1. The fourth-order valence-electron chi connectivity index (χ4n) is 5.00. The van der Waals surface area contributed by atoms with Crippen molar-refractivity contribution in [2.45, 2.75) is 33.1 Å². The maximum atomic E-state index is 13.6. The SMILES string of the molecule is CC.Cc1ccc(Oc2ccc(N3C(=O)CN(C(=O)CN4CCN(C)CC4)C3c3cccc(C(F)(F)F)c3)cc2)cc1. The molecule has 2 saturated heterocycles. The number of alkyl halides is 3. The van der Waals surface area contributed by atoms with E-state index >= 15 is 0 Å². The van der Waals surface area contributed by atoms with E-state index in [4.69, 9.17) is 4.74 Å². The molecule has 42 heavy (non-hydrogen) atoms. The van der Waals surface area contributed by atoms with Gasteiger partial charge in [0.25, 0.3) is 0 Å². The van der Waals surface area contributed by atoms with Crippen molar-refractivity contribution in [1.29, 1.82) is 0 Å². The predicted molar refractivity (Wildman–Crippen MR) is 156 cm³/mol. The molecule has 224 valence electrons. The average molecular weight is 583 g/mol. The van der Waals surface area contributed by atoms with Crippen molar-refractivity contribution in [1.82, 2.24) is 14.7 Å². The lowest BCUT2D eigenvalue weighted by molar-refractivity contribution is -0.137. The fourth-order valence-corrected chi connectivity index (χ4v) is 5.00. The Morgan fingerprint density at radius 3 is 2.10 bits per heavy atom. The normalized spacial score (nSPS) is 18.1. The molecule has 0 aromatic heterocycles. The number of halogens is 3. The molecule has 0 bridgehead atoms. The number of aryl methyl sites for hydroxylation is 1. The molecule has 2 amide bonds. The molecule has 0 aliphatic carbocycles. The summed E-state index contributed by atoms with van der Waals surface area (Å²) in [5, 5.41) is 0. The van der Waals surface area contributed by atoms with E-state index in [-0.39, 0.29) is 30.5 Å². The lowest BCUT2D eigenvalue weighted by Crippen LogP contribution is -2.49. The molecule has 0 N–H and O–H groups in total. The van der Waals surface area contributed by atoms with E-state index in [0.717, 1.165) is 30.8 Å². The first-order chi connectivity index (χ1) is 20.1. The van der Waals surface area contributed by atoms with Crippen LogP contribution in [0, 0.1) is 6.92 Å². The van der Waals surface area contributed by atoms with Crippen molar-refractivity contribution in [3.05, 3.63) is 89.5 Å². The Balaban J connectivity index is 0.00000198. The van der Waals surface area contributed by atoms with Crippen LogP contribution in [-0.4, -0.2) is 72.8 Å². The van der Waals surface area contributed by atoms with Crippen molar-refractivity contribution < 1.29 is 27.5 Å². The lowest BCUT2D eigenvalue weighted by Gasteiger charge is -2.35. The van der Waals surface area contributed by atoms with Gasteiger partial charge in [0.1, 0.15) is 24.2 Å². The van der Waals surface area contributed by atoms with E-state index in [9.17, 15) is 22.8 Å². The second-order valence-electron chi connectivity index (χ2n) is 10.3. The van der Waals surface area contributed by atoms with Crippen LogP contribution in [0.15, 0.2) is 72.8 Å². The molecule has 1 unspecified atom stereocenters. The maximum Gasteiger partial charge on any atom is 0.416 e. The lowest BCUT2D eigenvalue weighted by atomic mass is 10.1. The van der Waals surface area contributed by atoms with Gasteiger partial charge < -0.3 is 14.5 Å². The van der Waals surface area contributed by atoms with Gasteiger partial charge in [0, 0.05) is 31.9 Å². The molecule has 10 heteroatoms. The zero-order valence-electron chi connectivity index (χ0n) is 24.4. The van der Waals surface area contributed by atoms with Gasteiger partial charge in [0.15, 0.2) is 0 Å². The number of ether oxygens (including phenoxy) is 1. The Hall–Kier alpha value is -3.89. The molecule has 2 aliphatic heterocycles. The van der Waals surface area contributed by atoms with Crippen LogP contribution in [0.2, 0.25) is 0 Å². The third-order valence-electron chi connectivity index (χ3n) is 7.27. The molecule has 0 radical (unpaired) electrons. The summed E-state index contributed by atoms with van der Waals surface area (Å²) in [5.74, 6) is 0.513. The smallest absolute Gasteiger partial charge is 0.416 e. The molecule has 1 atom stereocenters. The molecular formula is C32H37F3N4O3. The third-order valence-corrected chi connectivity index (χ3v) is 7.27. The van der Waals surface area contributed by atoms with Crippen molar-refractivity contribution >= 4 is 17.5 Å². The minimum atomic E-state index is -4.56. The first-order valence-electron chi connectivity index (χ1n) is 14.1. The zero-order chi connectivity index (χ0) is 30.4. The molecule has 2 aliphatic rings. The summed E-state index contributed by atoms with van der Waals surface area (Å²) in [6, 6.07) is 19.1. The van der Waals surface area contributed by atoms with Crippen molar-refractivity contribution in [3.63, 3.8) is 0 Å². The standard InChI is InChI=1S/C30H31F3N4O3.C2H6/c1-21-6-10-25(11-7-21)40-26-12-8-24(9-13-26)37-28(39)20-36(27(38)19-35-16-14-34(2)15-17-35)29(37)22-4-3-5-23(18-22)30(31,32)33;1-2/h3-13,18,29H,14-17,19-20H2,1-2H3;1-2H3. The summed E-state index contributed by atoms with van der Waals surface area (Å²) >= 11 is 0. The van der Waals surface area contributed by atoms with E-state index in [1.807, 2.05) is 57.0 Å². The Morgan fingerprint density at radius 1 is 0.905 bits per heavy atom. The number of carbonyl (C=O) groups is 2. The van der Waals surface area contributed by atoms with Gasteiger partial charge in [-0.25, -0.2) is 0 Å². The molecule has 7 nitrogen and oxygen atoms in total. The Bertz CT molecular complexity index is 1350. The Morgan fingerprint density at radius 2 is 1.50 bits per heavy atom. The number of rotatable bonds is 6. The first-order valence-corrected chi connectivity index (χ1v) is 14.1. The Kier molecular flexibility index (Phi) is 9.90. The molecule has 2 heterocycles. The van der Waals surface area contributed by atoms with E-state index in [1.54, 1.807) is 24.3 Å². The number of nitrogens with zero attached hydrogens (tertiary/aromatic N) is 4. The number of anilines is 1. The first kappa shape index (κ1) is 31.1. The summed E-state index contributed by atoms with van der Waals surface area (Å²) in [6.45, 7) is 8.86. The van der Waals surface area contributed by atoms with E-state index in [2.05, 4.69) is 4.90 Å². The van der Waals surface area contributed by atoms with Crippen LogP contribution in [0.3, 0.4) is 0 Å². The van der Waals surface area contributed by atoms with Crippen molar-refractivity contribution in [3.8, 4) is 11.5 Å². The Labute approximate surface area is 245 Å². The quantitative estimate of drug-likeness (QED) is 0.360. The maximum absolute atomic E-state index is 13.6. The van der Waals surface area contributed by atoms with Crippen LogP contribution in [0.1, 0.15) is 36.7 Å². The number of carbonyl (C=O) groups excluding carboxylic acids is 2. The van der Waals surface area contributed by atoms with E-state index < -0.39 is 17.9 Å². The van der Waals surface area contributed by atoms with Gasteiger partial charge in [-0.15, -0.1) is 0 Å². The minimum absolute atomic E-state index is 0.0910.